The molecule has 2 aliphatic heterocycles. The first-order chi connectivity index (χ1) is 9.16. The Hall–Kier alpha value is -1.92. The molecule has 1 aromatic carbocycles. The predicted octanol–water partition coefficient (Wildman–Crippen LogP) is -0.327. The molecule has 0 bridgehead atoms. The molecule has 0 radical (unpaired) electrons. The molecule has 1 unspecified atom stereocenters. The number of anilines is 2. The molecule has 1 fully saturated rings. The number of nitrogen functional groups attached to an aromatic ring is 1. The van der Waals surface area contributed by atoms with Crippen molar-refractivity contribution >= 4 is 23.2 Å². The molecule has 0 saturated carbocycles. The summed E-state index contributed by atoms with van der Waals surface area (Å²) in [5, 5.41) is 3.08. The highest BCUT2D eigenvalue weighted by atomic mass is 16.5. The zero-order chi connectivity index (χ0) is 13.4. The lowest BCUT2D eigenvalue weighted by Crippen LogP contribution is -2.50. The van der Waals surface area contributed by atoms with Crippen molar-refractivity contribution in [3.05, 3.63) is 23.8 Å². The van der Waals surface area contributed by atoms with Crippen molar-refractivity contribution in [2.75, 3.05) is 30.3 Å². The van der Waals surface area contributed by atoms with Gasteiger partial charge < -0.3 is 15.8 Å². The highest BCUT2D eigenvalue weighted by Gasteiger charge is 2.37. The number of imide groups is 1. The van der Waals surface area contributed by atoms with E-state index in [0.29, 0.717) is 24.5 Å². The maximum atomic E-state index is 12.4. The van der Waals surface area contributed by atoms with Gasteiger partial charge in [0.15, 0.2) is 0 Å². The van der Waals surface area contributed by atoms with Gasteiger partial charge in [0.25, 0.3) is 5.91 Å². The number of morpholine rings is 1. The van der Waals surface area contributed by atoms with E-state index in [1.807, 2.05) is 0 Å². The molecule has 6 nitrogen and oxygen atoms in total. The van der Waals surface area contributed by atoms with Crippen molar-refractivity contribution in [2.45, 2.75) is 12.5 Å². The van der Waals surface area contributed by atoms with Crippen LogP contribution in [0.15, 0.2) is 18.2 Å². The van der Waals surface area contributed by atoms with Crippen molar-refractivity contribution in [1.29, 1.82) is 0 Å². The number of nitrogens with one attached hydrogen (secondary N) is 1. The van der Waals surface area contributed by atoms with Crippen molar-refractivity contribution in [2.24, 2.45) is 0 Å². The molecule has 0 spiro atoms. The van der Waals surface area contributed by atoms with Crippen molar-refractivity contribution < 1.29 is 14.3 Å². The summed E-state index contributed by atoms with van der Waals surface area (Å²) in [6.07, 6.45) is -0.382. The minimum Gasteiger partial charge on any atom is -0.399 e. The Kier molecular flexibility index (Phi) is 2.96. The van der Waals surface area contributed by atoms with Crippen LogP contribution in [0, 0.1) is 0 Å². The quantitative estimate of drug-likeness (QED) is 0.534. The van der Waals surface area contributed by atoms with E-state index in [4.69, 9.17) is 10.5 Å². The first-order valence-corrected chi connectivity index (χ1v) is 6.24. The molecule has 2 aliphatic rings. The number of benzene rings is 1. The molecular formula is C13H15N3O3. The third kappa shape index (κ3) is 2.09. The highest BCUT2D eigenvalue weighted by molar-refractivity contribution is 6.20. The Morgan fingerprint density at radius 3 is 3.05 bits per heavy atom. The van der Waals surface area contributed by atoms with Gasteiger partial charge in [0.2, 0.25) is 5.91 Å². The van der Waals surface area contributed by atoms with E-state index in [9.17, 15) is 9.59 Å². The van der Waals surface area contributed by atoms with Crippen LogP contribution < -0.4 is 16.0 Å². The average Bonchev–Trinajstić information content (AvgIpc) is 2.74. The minimum atomic E-state index is -0.596. The van der Waals surface area contributed by atoms with Gasteiger partial charge in [-0.15, -0.1) is 0 Å². The lowest BCUT2D eigenvalue weighted by molar-refractivity contribution is -0.134. The first kappa shape index (κ1) is 12.1. The molecule has 0 aromatic heterocycles. The molecule has 19 heavy (non-hydrogen) atoms. The van der Waals surface area contributed by atoms with Gasteiger partial charge in [-0.05, 0) is 23.8 Å². The standard InChI is InChI=1S/C13H15N3O3/c14-9-1-2-10-8(5-9)6-12(17)16(10)13(18)11-7-15-3-4-19-11/h1-2,5,11,15H,3-4,6-7,14H2. The van der Waals surface area contributed by atoms with E-state index in [0.717, 1.165) is 12.1 Å². The van der Waals surface area contributed by atoms with Crippen LogP contribution >= 0.6 is 0 Å². The fraction of sp³-hybridized carbons (Fsp3) is 0.385. The lowest BCUT2D eigenvalue weighted by atomic mass is 10.1. The zero-order valence-corrected chi connectivity index (χ0v) is 10.4. The molecule has 3 N–H and O–H groups in total. The summed E-state index contributed by atoms with van der Waals surface area (Å²) in [6.45, 7) is 1.64. The van der Waals surface area contributed by atoms with Gasteiger partial charge in [-0.2, -0.15) is 0 Å². The summed E-state index contributed by atoms with van der Waals surface area (Å²) >= 11 is 0. The summed E-state index contributed by atoms with van der Waals surface area (Å²) in [5.41, 5.74) is 7.70. The predicted molar refractivity (Wildman–Crippen MR) is 69.7 cm³/mol. The summed E-state index contributed by atoms with van der Waals surface area (Å²) < 4.78 is 5.41. The van der Waals surface area contributed by atoms with E-state index < -0.39 is 6.10 Å². The molecular weight excluding hydrogens is 246 g/mol. The number of fused-ring (bicyclic) bond motifs is 1. The summed E-state index contributed by atoms with van der Waals surface area (Å²) in [7, 11) is 0. The van der Waals surface area contributed by atoms with Crippen LogP contribution in [0.5, 0.6) is 0 Å². The smallest absolute Gasteiger partial charge is 0.264 e. The number of hydrogen-bond donors (Lipinski definition) is 2. The molecule has 0 aliphatic carbocycles. The summed E-state index contributed by atoms with van der Waals surface area (Å²) in [5.74, 6) is -0.527. The van der Waals surface area contributed by atoms with Gasteiger partial charge in [0, 0.05) is 18.8 Å². The fourth-order valence-corrected chi connectivity index (χ4v) is 2.45. The number of hydrogen-bond acceptors (Lipinski definition) is 5. The van der Waals surface area contributed by atoms with Gasteiger partial charge in [0.05, 0.1) is 18.7 Å². The second-order valence-electron chi connectivity index (χ2n) is 4.70. The average molecular weight is 261 g/mol. The largest absolute Gasteiger partial charge is 0.399 e. The van der Waals surface area contributed by atoms with Crippen LogP contribution in [0.3, 0.4) is 0 Å². The van der Waals surface area contributed by atoms with Crippen LogP contribution in [-0.4, -0.2) is 37.6 Å². The maximum Gasteiger partial charge on any atom is 0.264 e. The van der Waals surface area contributed by atoms with Crippen LogP contribution in [0.4, 0.5) is 11.4 Å². The summed E-state index contributed by atoms with van der Waals surface area (Å²) in [6, 6.07) is 5.14. The van der Waals surface area contributed by atoms with E-state index in [1.54, 1.807) is 18.2 Å². The highest BCUT2D eigenvalue weighted by Crippen LogP contribution is 2.31. The number of carbonyl (C=O) groups is 2. The fourth-order valence-electron chi connectivity index (χ4n) is 2.45. The Labute approximate surface area is 110 Å². The Balaban J connectivity index is 1.89. The van der Waals surface area contributed by atoms with Crippen molar-refractivity contribution in [1.82, 2.24) is 5.32 Å². The third-order valence-corrected chi connectivity index (χ3v) is 3.36. The summed E-state index contributed by atoms with van der Waals surface area (Å²) in [4.78, 5) is 25.6. The van der Waals surface area contributed by atoms with Crippen LogP contribution in [0.1, 0.15) is 5.56 Å². The van der Waals surface area contributed by atoms with E-state index in [2.05, 4.69) is 5.32 Å². The third-order valence-electron chi connectivity index (χ3n) is 3.36. The maximum absolute atomic E-state index is 12.4. The number of ether oxygens (including phenoxy) is 1. The van der Waals surface area contributed by atoms with Crippen molar-refractivity contribution in [3.63, 3.8) is 0 Å². The topological polar surface area (TPSA) is 84.7 Å². The Bertz CT molecular complexity index is 538. The van der Waals surface area contributed by atoms with Crippen molar-refractivity contribution in [3.8, 4) is 0 Å². The molecule has 2 heterocycles. The lowest BCUT2D eigenvalue weighted by Gasteiger charge is -2.26. The normalized spacial score (nSPS) is 22.4. The van der Waals surface area contributed by atoms with Gasteiger partial charge in [-0.1, -0.05) is 0 Å². The molecule has 2 amide bonds. The second-order valence-corrected chi connectivity index (χ2v) is 4.70. The molecule has 6 heteroatoms. The monoisotopic (exact) mass is 261 g/mol. The van der Waals surface area contributed by atoms with Crippen LogP contribution in [0.2, 0.25) is 0 Å². The van der Waals surface area contributed by atoms with E-state index in [1.165, 1.54) is 4.90 Å². The van der Waals surface area contributed by atoms with Crippen LogP contribution in [-0.2, 0) is 20.7 Å². The molecule has 100 valence electrons. The van der Waals surface area contributed by atoms with Crippen LogP contribution in [0.25, 0.3) is 0 Å². The number of amides is 2. The van der Waals surface area contributed by atoms with Gasteiger partial charge in [-0.25, -0.2) is 4.90 Å². The Morgan fingerprint density at radius 2 is 2.32 bits per heavy atom. The SMILES string of the molecule is Nc1ccc2c(c1)CC(=O)N2C(=O)C1CNCCO1. The van der Waals surface area contributed by atoms with E-state index in [-0.39, 0.29) is 18.2 Å². The van der Waals surface area contributed by atoms with Gasteiger partial charge in [-0.3, -0.25) is 9.59 Å². The van der Waals surface area contributed by atoms with Gasteiger partial charge >= 0.3 is 0 Å². The molecule has 1 aromatic rings. The van der Waals surface area contributed by atoms with E-state index >= 15 is 0 Å². The second kappa shape index (κ2) is 4.64. The molecule has 1 saturated heterocycles. The number of nitrogens with two attached hydrogens (primary N) is 1. The molecule has 1 atom stereocenters. The molecule has 3 rings (SSSR count). The minimum absolute atomic E-state index is 0.215. The number of rotatable bonds is 1. The zero-order valence-electron chi connectivity index (χ0n) is 10.4. The first-order valence-electron chi connectivity index (χ1n) is 6.24. The Morgan fingerprint density at radius 1 is 1.47 bits per heavy atom. The number of nitrogens with zero attached hydrogens (tertiary/aromatic N) is 1. The van der Waals surface area contributed by atoms with Gasteiger partial charge in [0.1, 0.15) is 6.10 Å². The number of carbonyl (C=O) groups excluding carboxylic acids is 2.